The number of β-lactam (4-membered cyclic amide) rings is 1. The second-order valence-corrected chi connectivity index (χ2v) is 8.58. The van der Waals surface area contributed by atoms with Crippen LogP contribution in [0.15, 0.2) is 24.3 Å². The van der Waals surface area contributed by atoms with Gasteiger partial charge in [-0.15, -0.1) is 11.8 Å². The summed E-state index contributed by atoms with van der Waals surface area (Å²) in [5.74, 6) is -1.88. The molecule has 4 unspecified atom stereocenters. The maximum absolute atomic E-state index is 12.8. The molecule has 3 heterocycles. The minimum absolute atomic E-state index is 0.233. The monoisotopic (exact) mass is 363 g/mol. The molecule has 3 aliphatic rings. The molecular weight excluding hydrogens is 346 g/mol. The van der Waals surface area contributed by atoms with Gasteiger partial charge >= 0.3 is 11.9 Å². The molecular formula is C17H17NO6S. The van der Waals surface area contributed by atoms with Crippen molar-refractivity contribution in [1.29, 1.82) is 0 Å². The predicted octanol–water partition coefficient (Wildman–Crippen LogP) is 1.07. The average molecular weight is 363 g/mol. The fraction of sp³-hybridized carbons (Fsp3) is 0.471. The Morgan fingerprint density at radius 3 is 2.80 bits per heavy atom. The first-order chi connectivity index (χ1) is 11.8. The number of thioether (sulfide) groups is 1. The molecule has 132 valence electrons. The van der Waals surface area contributed by atoms with Crippen molar-refractivity contribution in [3.05, 3.63) is 35.4 Å². The Kier molecular flexibility index (Phi) is 3.59. The van der Waals surface area contributed by atoms with E-state index in [4.69, 9.17) is 9.47 Å². The SMILES string of the molecule is CC1(C)SC2C(CO)C(=O)N2C1C(=O)OC1OC(=O)c2ccccc21. The van der Waals surface area contributed by atoms with Crippen molar-refractivity contribution in [2.45, 2.75) is 36.3 Å². The van der Waals surface area contributed by atoms with Gasteiger partial charge in [-0.05, 0) is 19.9 Å². The molecule has 2 fully saturated rings. The predicted molar refractivity (Wildman–Crippen MR) is 87.4 cm³/mol. The van der Waals surface area contributed by atoms with Crippen molar-refractivity contribution >= 4 is 29.6 Å². The van der Waals surface area contributed by atoms with Crippen molar-refractivity contribution in [2.24, 2.45) is 5.92 Å². The van der Waals surface area contributed by atoms with Crippen LogP contribution < -0.4 is 0 Å². The van der Waals surface area contributed by atoms with Crippen LogP contribution in [0.1, 0.15) is 36.1 Å². The van der Waals surface area contributed by atoms with E-state index in [-0.39, 0.29) is 17.9 Å². The molecule has 4 rings (SSSR count). The zero-order valence-corrected chi connectivity index (χ0v) is 14.5. The quantitative estimate of drug-likeness (QED) is 0.634. The van der Waals surface area contributed by atoms with Gasteiger partial charge in [0.05, 0.1) is 23.5 Å². The Labute approximate surface area is 148 Å². The fourth-order valence-electron chi connectivity index (χ4n) is 3.61. The number of carbonyl (C=O) groups excluding carboxylic acids is 3. The molecule has 25 heavy (non-hydrogen) atoms. The van der Waals surface area contributed by atoms with Gasteiger partial charge in [-0.25, -0.2) is 9.59 Å². The highest BCUT2D eigenvalue weighted by Crippen LogP contribution is 2.53. The van der Waals surface area contributed by atoms with E-state index in [1.807, 2.05) is 13.8 Å². The molecule has 1 aromatic rings. The van der Waals surface area contributed by atoms with Crippen LogP contribution in [-0.4, -0.2) is 50.6 Å². The Bertz CT molecular complexity index is 778. The maximum Gasteiger partial charge on any atom is 0.342 e. The van der Waals surface area contributed by atoms with Crippen LogP contribution in [0, 0.1) is 5.92 Å². The first-order valence-electron chi connectivity index (χ1n) is 7.96. The minimum atomic E-state index is -1.10. The largest absolute Gasteiger partial charge is 0.419 e. The number of hydrogen-bond donors (Lipinski definition) is 1. The summed E-state index contributed by atoms with van der Waals surface area (Å²) >= 11 is 1.47. The zero-order valence-electron chi connectivity index (χ0n) is 13.7. The van der Waals surface area contributed by atoms with E-state index in [1.165, 1.54) is 16.7 Å². The standard InChI is InChI=1S/C17H17NO6S/c1-17(2)11(18-12(20)10(7-19)13(18)25-17)15(22)24-16-9-6-4-3-5-8(9)14(21)23-16/h3-6,10-11,13,16,19H,7H2,1-2H3. The number of ether oxygens (including phenoxy) is 2. The highest BCUT2D eigenvalue weighted by Gasteiger charge is 2.64. The molecule has 7 nitrogen and oxygen atoms in total. The van der Waals surface area contributed by atoms with Crippen molar-refractivity contribution < 1.29 is 29.0 Å². The Morgan fingerprint density at radius 2 is 2.08 bits per heavy atom. The molecule has 8 heteroatoms. The third-order valence-electron chi connectivity index (χ3n) is 4.84. The van der Waals surface area contributed by atoms with E-state index >= 15 is 0 Å². The van der Waals surface area contributed by atoms with Crippen molar-refractivity contribution in [2.75, 3.05) is 6.61 Å². The fourth-order valence-corrected chi connectivity index (χ4v) is 5.28. The van der Waals surface area contributed by atoms with Crippen molar-refractivity contribution in [3.8, 4) is 0 Å². The first kappa shape index (κ1) is 16.4. The summed E-state index contributed by atoms with van der Waals surface area (Å²) in [6, 6.07) is 5.94. The van der Waals surface area contributed by atoms with Crippen LogP contribution in [0.3, 0.4) is 0 Å². The third kappa shape index (κ3) is 2.27. The second-order valence-electron chi connectivity index (χ2n) is 6.81. The number of aliphatic hydroxyl groups excluding tert-OH is 1. The van der Waals surface area contributed by atoms with Crippen LogP contribution >= 0.6 is 11.8 Å². The number of rotatable bonds is 3. The number of esters is 2. The number of hydrogen-bond acceptors (Lipinski definition) is 7. The topological polar surface area (TPSA) is 93.1 Å². The number of carbonyl (C=O) groups is 3. The Morgan fingerprint density at radius 1 is 1.36 bits per heavy atom. The van der Waals surface area contributed by atoms with E-state index in [9.17, 15) is 19.5 Å². The van der Waals surface area contributed by atoms with Gasteiger partial charge in [0, 0.05) is 10.3 Å². The van der Waals surface area contributed by atoms with Crippen LogP contribution in [0.25, 0.3) is 0 Å². The van der Waals surface area contributed by atoms with E-state index in [1.54, 1.807) is 24.3 Å². The zero-order chi connectivity index (χ0) is 17.9. The Balaban J connectivity index is 1.56. The summed E-state index contributed by atoms with van der Waals surface area (Å²) in [4.78, 5) is 38.3. The molecule has 0 radical (unpaired) electrons. The number of fused-ring (bicyclic) bond motifs is 2. The van der Waals surface area contributed by atoms with E-state index in [2.05, 4.69) is 0 Å². The molecule has 0 bridgehead atoms. The summed E-state index contributed by atoms with van der Waals surface area (Å²) in [6.45, 7) is 3.48. The molecule has 0 saturated carbocycles. The van der Waals surface area contributed by atoms with Crippen molar-refractivity contribution in [3.63, 3.8) is 0 Å². The van der Waals surface area contributed by atoms with Gasteiger partial charge in [-0.1, -0.05) is 18.2 Å². The molecule has 3 aliphatic heterocycles. The molecule has 0 aliphatic carbocycles. The van der Waals surface area contributed by atoms with Gasteiger partial charge in [0.25, 0.3) is 6.29 Å². The van der Waals surface area contributed by atoms with Crippen LogP contribution in [0.4, 0.5) is 0 Å². The number of aliphatic hydroxyl groups is 1. The van der Waals surface area contributed by atoms with Crippen LogP contribution in [0.2, 0.25) is 0 Å². The third-order valence-corrected chi connectivity index (χ3v) is 6.47. The maximum atomic E-state index is 12.8. The minimum Gasteiger partial charge on any atom is -0.419 e. The van der Waals surface area contributed by atoms with Crippen molar-refractivity contribution in [1.82, 2.24) is 4.90 Å². The van der Waals surface area contributed by atoms with Gasteiger partial charge < -0.3 is 19.5 Å². The van der Waals surface area contributed by atoms with Gasteiger partial charge in [-0.3, -0.25) is 4.79 Å². The molecule has 1 amide bonds. The molecule has 2 saturated heterocycles. The van der Waals surface area contributed by atoms with E-state index < -0.39 is 34.9 Å². The lowest BCUT2D eigenvalue weighted by Crippen LogP contribution is -2.63. The van der Waals surface area contributed by atoms with E-state index in [0.29, 0.717) is 11.1 Å². The molecule has 1 aromatic carbocycles. The molecule has 4 atom stereocenters. The van der Waals surface area contributed by atoms with E-state index in [0.717, 1.165) is 0 Å². The Hall–Kier alpha value is -2.06. The smallest absolute Gasteiger partial charge is 0.342 e. The second kappa shape index (κ2) is 5.47. The summed E-state index contributed by atoms with van der Waals surface area (Å²) in [6.07, 6.45) is -1.10. The average Bonchev–Trinajstić information content (AvgIpc) is 3.01. The van der Waals surface area contributed by atoms with Gasteiger partial charge in [-0.2, -0.15) is 0 Å². The van der Waals surface area contributed by atoms with Gasteiger partial charge in [0.1, 0.15) is 6.04 Å². The number of nitrogens with zero attached hydrogens (tertiary/aromatic N) is 1. The molecule has 0 spiro atoms. The summed E-state index contributed by atoms with van der Waals surface area (Å²) < 4.78 is 10.0. The number of amides is 1. The lowest BCUT2D eigenvalue weighted by molar-refractivity contribution is -0.183. The lowest BCUT2D eigenvalue weighted by atomic mass is 9.92. The number of cyclic esters (lactones) is 1. The normalized spacial score (nSPS) is 31.9. The van der Waals surface area contributed by atoms with Gasteiger partial charge in [0.2, 0.25) is 5.91 Å². The highest BCUT2D eigenvalue weighted by molar-refractivity contribution is 8.01. The molecule has 0 aromatic heterocycles. The summed E-state index contributed by atoms with van der Waals surface area (Å²) in [7, 11) is 0. The first-order valence-corrected chi connectivity index (χ1v) is 8.84. The van der Waals surface area contributed by atoms with Crippen LogP contribution in [-0.2, 0) is 19.1 Å². The van der Waals surface area contributed by atoms with Gasteiger partial charge in [0.15, 0.2) is 0 Å². The number of benzene rings is 1. The van der Waals surface area contributed by atoms with Crippen LogP contribution in [0.5, 0.6) is 0 Å². The highest BCUT2D eigenvalue weighted by atomic mass is 32.2. The summed E-state index contributed by atoms with van der Waals surface area (Å²) in [5.41, 5.74) is 0.877. The lowest BCUT2D eigenvalue weighted by Gasteiger charge is -2.43. The summed E-state index contributed by atoms with van der Waals surface area (Å²) in [5, 5.41) is 9.10. The molecule has 1 N–H and O–H groups in total.